The summed E-state index contributed by atoms with van der Waals surface area (Å²) < 4.78 is 23.1. The number of fused-ring (bicyclic) bond motifs is 2. The van der Waals surface area contributed by atoms with Crippen molar-refractivity contribution in [1.29, 1.82) is 0 Å². The highest BCUT2D eigenvalue weighted by Crippen LogP contribution is 2.52. The molecule has 1 unspecified atom stereocenters. The highest BCUT2D eigenvalue weighted by Gasteiger charge is 2.49. The van der Waals surface area contributed by atoms with Crippen LogP contribution in [0.5, 0.6) is 5.75 Å². The van der Waals surface area contributed by atoms with Crippen LogP contribution in [0.2, 0.25) is 0 Å². The first-order valence-corrected chi connectivity index (χ1v) is 12.4. The first kappa shape index (κ1) is 22.0. The number of nitrogens with zero attached hydrogens (tertiary/aromatic N) is 4. The fourth-order valence-electron chi connectivity index (χ4n) is 5.13. The number of nitrogens with one attached hydrogen (secondary N) is 1. The molecule has 1 saturated heterocycles. The Morgan fingerprint density at radius 3 is 2.70 bits per heavy atom. The van der Waals surface area contributed by atoms with E-state index in [1.165, 1.54) is 11.1 Å². The summed E-state index contributed by atoms with van der Waals surface area (Å²) in [4.78, 5) is 22.0. The summed E-state index contributed by atoms with van der Waals surface area (Å²) in [5, 5.41) is 0. The van der Waals surface area contributed by atoms with Crippen molar-refractivity contribution in [2.45, 2.75) is 50.8 Å². The molecule has 5 rings (SSSR count). The Kier molecular flexibility index (Phi) is 5.49. The third kappa shape index (κ3) is 3.83. The van der Waals surface area contributed by atoms with Gasteiger partial charge in [0, 0.05) is 25.5 Å². The molecule has 2 aromatic heterocycles. The van der Waals surface area contributed by atoms with Gasteiger partial charge in [-0.15, -0.1) is 0 Å². The Morgan fingerprint density at radius 2 is 1.97 bits per heavy atom. The highest BCUT2D eigenvalue weighted by molar-refractivity contribution is 7.84. The first-order valence-electron chi connectivity index (χ1n) is 11.3. The molecule has 1 fully saturated rings. The molecule has 0 bridgehead atoms. The number of rotatable bonds is 5. The minimum absolute atomic E-state index is 0.00964. The quantitative estimate of drug-likeness (QED) is 0.580. The van der Waals surface area contributed by atoms with E-state index in [0.717, 1.165) is 38.3 Å². The summed E-state index contributed by atoms with van der Waals surface area (Å²) in [6.07, 6.45) is 7.95. The molecule has 2 atom stereocenters. The number of imidazole rings is 1. The van der Waals surface area contributed by atoms with Crippen LogP contribution < -0.4 is 14.4 Å². The lowest BCUT2D eigenvalue weighted by Gasteiger charge is -2.44. The molecule has 1 aromatic carbocycles. The van der Waals surface area contributed by atoms with Crippen molar-refractivity contribution in [1.82, 2.24) is 19.1 Å². The number of hydrogen-bond acceptors (Lipinski definition) is 6. The molecule has 0 amide bonds. The zero-order valence-electron chi connectivity index (χ0n) is 19.2. The van der Waals surface area contributed by atoms with Crippen LogP contribution in [0, 0.1) is 5.41 Å². The van der Waals surface area contributed by atoms with Crippen molar-refractivity contribution in [3.63, 3.8) is 0 Å². The molecular weight excluding hydrogens is 438 g/mol. The van der Waals surface area contributed by atoms with Crippen LogP contribution in [0.3, 0.4) is 0 Å². The van der Waals surface area contributed by atoms with Crippen LogP contribution in [-0.4, -0.2) is 42.9 Å². The second kappa shape index (κ2) is 8.22. The monoisotopic (exact) mass is 467 g/mol. The van der Waals surface area contributed by atoms with Crippen molar-refractivity contribution in [3.05, 3.63) is 54.0 Å². The van der Waals surface area contributed by atoms with E-state index in [4.69, 9.17) is 4.74 Å². The molecule has 1 N–H and O–H groups in total. The Bertz CT molecular complexity index is 1210. The van der Waals surface area contributed by atoms with Crippen molar-refractivity contribution >= 4 is 29.1 Å². The minimum Gasteiger partial charge on any atom is -0.423 e. The third-order valence-corrected chi connectivity index (χ3v) is 8.46. The number of carbonyl (C=O) groups is 1. The average molecular weight is 468 g/mol. The number of anilines is 1. The number of ether oxygens (including phenoxy) is 1. The summed E-state index contributed by atoms with van der Waals surface area (Å²) in [5.74, 6) is 1.13. The van der Waals surface area contributed by atoms with Crippen molar-refractivity contribution in [2.24, 2.45) is 5.41 Å². The number of aromatic nitrogens is 3. The van der Waals surface area contributed by atoms with E-state index >= 15 is 0 Å². The summed E-state index contributed by atoms with van der Waals surface area (Å²) in [5.41, 5.74) is 3.20. The largest absolute Gasteiger partial charge is 0.423 e. The van der Waals surface area contributed by atoms with Gasteiger partial charge in [-0.05, 0) is 56.6 Å². The molecule has 1 aliphatic carbocycles. The van der Waals surface area contributed by atoms with Crippen LogP contribution in [0.25, 0.3) is 5.65 Å². The Labute approximate surface area is 196 Å². The SMILES string of the molecule is CC(C)(C)[S@@](=O)NC1c2ccccc2CC12CCN(c1ncc(OC=O)c3nccn13)CC2. The van der Waals surface area contributed by atoms with Crippen LogP contribution >= 0.6 is 0 Å². The van der Waals surface area contributed by atoms with Crippen LogP contribution in [-0.2, 0) is 22.2 Å². The molecule has 33 heavy (non-hydrogen) atoms. The van der Waals surface area contributed by atoms with E-state index < -0.39 is 11.0 Å². The Morgan fingerprint density at radius 1 is 1.21 bits per heavy atom. The fourth-order valence-corrected chi connectivity index (χ4v) is 6.07. The number of hydrogen-bond donors (Lipinski definition) is 1. The molecule has 8 nitrogen and oxygen atoms in total. The first-order chi connectivity index (χ1) is 15.8. The maximum atomic E-state index is 13.1. The van der Waals surface area contributed by atoms with Gasteiger partial charge < -0.3 is 9.64 Å². The second-order valence-corrected chi connectivity index (χ2v) is 11.9. The van der Waals surface area contributed by atoms with Gasteiger partial charge in [-0.1, -0.05) is 24.3 Å². The molecule has 3 aromatic rings. The highest BCUT2D eigenvalue weighted by atomic mass is 32.2. The zero-order valence-corrected chi connectivity index (χ0v) is 20.0. The van der Waals surface area contributed by atoms with Gasteiger partial charge in [-0.2, -0.15) is 0 Å². The molecular formula is C24H29N5O3S. The van der Waals surface area contributed by atoms with Crippen molar-refractivity contribution in [2.75, 3.05) is 18.0 Å². The van der Waals surface area contributed by atoms with E-state index in [-0.39, 0.29) is 16.2 Å². The van der Waals surface area contributed by atoms with Gasteiger partial charge in [0.2, 0.25) is 5.95 Å². The van der Waals surface area contributed by atoms with E-state index in [1.807, 2.05) is 31.4 Å². The lowest BCUT2D eigenvalue weighted by Crippen LogP contribution is -2.48. The fraction of sp³-hybridized carbons (Fsp3) is 0.458. The molecule has 9 heteroatoms. The van der Waals surface area contributed by atoms with Crippen LogP contribution in [0.1, 0.15) is 50.8 Å². The van der Waals surface area contributed by atoms with Crippen LogP contribution in [0.15, 0.2) is 42.9 Å². The van der Waals surface area contributed by atoms with E-state index in [1.54, 1.807) is 12.4 Å². The molecule has 3 heterocycles. The van der Waals surface area contributed by atoms with Gasteiger partial charge in [0.05, 0.1) is 28.0 Å². The second-order valence-electron chi connectivity index (χ2n) is 9.91. The molecule has 1 spiro atoms. The topological polar surface area (TPSA) is 88.8 Å². The molecule has 174 valence electrons. The van der Waals surface area contributed by atoms with Crippen molar-refractivity contribution in [3.8, 4) is 5.75 Å². The predicted molar refractivity (Wildman–Crippen MR) is 127 cm³/mol. The smallest absolute Gasteiger partial charge is 0.298 e. The summed E-state index contributed by atoms with van der Waals surface area (Å²) in [6.45, 7) is 8.05. The van der Waals surface area contributed by atoms with Crippen molar-refractivity contribution < 1.29 is 13.7 Å². The molecule has 1 aliphatic heterocycles. The normalized spacial score (nSPS) is 20.7. The van der Waals surface area contributed by atoms with Gasteiger partial charge in [-0.25, -0.2) is 18.9 Å². The Balaban J connectivity index is 1.42. The maximum absolute atomic E-state index is 13.1. The van der Waals surface area contributed by atoms with E-state index in [2.05, 4.69) is 43.9 Å². The number of piperidine rings is 1. The Hall–Kier alpha value is -2.78. The number of benzene rings is 1. The zero-order chi connectivity index (χ0) is 23.2. The van der Waals surface area contributed by atoms with E-state index in [0.29, 0.717) is 17.9 Å². The molecule has 0 radical (unpaired) electrons. The number of carbonyl (C=O) groups excluding carboxylic acids is 1. The van der Waals surface area contributed by atoms with Gasteiger partial charge in [0.1, 0.15) is 0 Å². The summed E-state index contributed by atoms with van der Waals surface area (Å²) >= 11 is 0. The van der Waals surface area contributed by atoms with E-state index in [9.17, 15) is 9.00 Å². The van der Waals surface area contributed by atoms with Gasteiger partial charge in [-0.3, -0.25) is 9.20 Å². The lowest BCUT2D eigenvalue weighted by molar-refractivity contribution is -0.120. The molecule has 0 saturated carbocycles. The standard InChI is InChI=1S/C24H29N5O3S/c1-23(2,3)33(31)27-20-18-7-5-4-6-17(18)14-24(20)8-11-28(12-9-24)22-26-15-19(32-16-30)21-25-10-13-29(21)22/h4-7,10,13,15-16,20,27H,8-9,11-12,14H2,1-3H3/t20?,33-/m1/s1. The lowest BCUT2D eigenvalue weighted by atomic mass is 9.73. The minimum atomic E-state index is -1.16. The third-order valence-electron chi connectivity index (χ3n) is 6.89. The predicted octanol–water partition coefficient (Wildman–Crippen LogP) is 3.20. The summed E-state index contributed by atoms with van der Waals surface area (Å²) in [7, 11) is -1.16. The van der Waals surface area contributed by atoms with Gasteiger partial charge in [0.15, 0.2) is 11.4 Å². The molecule has 2 aliphatic rings. The summed E-state index contributed by atoms with van der Waals surface area (Å²) in [6, 6.07) is 8.60. The maximum Gasteiger partial charge on any atom is 0.298 e. The van der Waals surface area contributed by atoms with Gasteiger partial charge in [0.25, 0.3) is 6.47 Å². The van der Waals surface area contributed by atoms with Crippen LogP contribution in [0.4, 0.5) is 5.95 Å². The average Bonchev–Trinajstić information content (AvgIpc) is 3.39. The van der Waals surface area contributed by atoms with Gasteiger partial charge >= 0.3 is 0 Å².